The Morgan fingerprint density at radius 2 is 2.09 bits per heavy atom. The van der Waals surface area contributed by atoms with E-state index in [1.807, 2.05) is 0 Å². The minimum absolute atomic E-state index is 0.0435. The second kappa shape index (κ2) is 4.93. The number of nitriles is 1. The summed E-state index contributed by atoms with van der Waals surface area (Å²) in [5.41, 5.74) is -2.29. The molecule has 2 heterocycles. The third-order valence-corrected chi connectivity index (χ3v) is 4.82. The van der Waals surface area contributed by atoms with Gasteiger partial charge in [-0.1, -0.05) is 0 Å². The van der Waals surface area contributed by atoms with Crippen LogP contribution < -0.4 is 4.90 Å². The van der Waals surface area contributed by atoms with E-state index in [0.717, 1.165) is 23.5 Å². The third-order valence-electron chi connectivity index (χ3n) is 4.41. The Labute approximate surface area is 136 Å². The van der Waals surface area contributed by atoms with Gasteiger partial charge in [-0.15, -0.1) is 0 Å². The number of fused-ring (bicyclic) bond motifs is 1. The van der Waals surface area contributed by atoms with Crippen LogP contribution in [0.25, 0.3) is 0 Å². The van der Waals surface area contributed by atoms with Crippen LogP contribution in [0.2, 0.25) is 0 Å². The summed E-state index contributed by atoms with van der Waals surface area (Å²) in [6.07, 6.45) is -3.24. The summed E-state index contributed by atoms with van der Waals surface area (Å²) < 4.78 is 39.3. The summed E-state index contributed by atoms with van der Waals surface area (Å²) in [5.74, 6) is -0.321. The standard InChI is InChI=1S/C15H12F3N3OS/c1-14-5-2-6-20(14)13(23)21(12(14)22)10-4-3-9(8-19)11(7-10)15(16,17)18/h3-4,7H,2,5-6H2,1H3/t14-/m0/s1. The van der Waals surface area contributed by atoms with E-state index in [-0.39, 0.29) is 16.7 Å². The molecule has 0 N–H and O–H groups in total. The number of halogens is 3. The van der Waals surface area contributed by atoms with Crippen LogP contribution in [0.5, 0.6) is 0 Å². The number of anilines is 1. The predicted molar refractivity (Wildman–Crippen MR) is 80.6 cm³/mol. The van der Waals surface area contributed by atoms with Gasteiger partial charge in [-0.25, -0.2) is 0 Å². The van der Waals surface area contributed by atoms with E-state index in [1.165, 1.54) is 12.1 Å². The Bertz CT molecular complexity index is 755. The highest BCUT2D eigenvalue weighted by Crippen LogP contribution is 2.41. The number of carbonyl (C=O) groups is 1. The molecular formula is C15H12F3N3OS. The van der Waals surface area contributed by atoms with Crippen LogP contribution in [-0.4, -0.2) is 28.0 Å². The number of benzene rings is 1. The quantitative estimate of drug-likeness (QED) is 0.738. The number of amides is 1. The highest BCUT2D eigenvalue weighted by atomic mass is 32.1. The molecule has 23 heavy (non-hydrogen) atoms. The van der Waals surface area contributed by atoms with E-state index in [0.29, 0.717) is 13.0 Å². The Hall–Kier alpha value is -2.14. The maximum absolute atomic E-state index is 13.1. The lowest BCUT2D eigenvalue weighted by Gasteiger charge is -2.23. The van der Waals surface area contributed by atoms with Crippen molar-refractivity contribution in [2.75, 3.05) is 11.4 Å². The Morgan fingerprint density at radius 3 is 2.65 bits per heavy atom. The first kappa shape index (κ1) is 15.7. The average molecular weight is 339 g/mol. The van der Waals surface area contributed by atoms with E-state index in [2.05, 4.69) is 0 Å². The summed E-state index contributed by atoms with van der Waals surface area (Å²) in [7, 11) is 0. The Morgan fingerprint density at radius 1 is 1.39 bits per heavy atom. The monoisotopic (exact) mass is 339 g/mol. The molecular weight excluding hydrogens is 327 g/mol. The normalized spacial score (nSPS) is 24.1. The topological polar surface area (TPSA) is 47.3 Å². The van der Waals surface area contributed by atoms with E-state index in [9.17, 15) is 18.0 Å². The van der Waals surface area contributed by atoms with E-state index in [4.69, 9.17) is 17.5 Å². The maximum Gasteiger partial charge on any atom is 0.417 e. The number of carbonyl (C=O) groups excluding carboxylic acids is 1. The third kappa shape index (κ3) is 2.18. The van der Waals surface area contributed by atoms with Crippen molar-refractivity contribution >= 4 is 28.9 Å². The van der Waals surface area contributed by atoms with Crippen molar-refractivity contribution in [3.8, 4) is 6.07 Å². The highest BCUT2D eigenvalue weighted by Gasteiger charge is 2.55. The number of rotatable bonds is 1. The van der Waals surface area contributed by atoms with Crippen LogP contribution in [-0.2, 0) is 11.0 Å². The van der Waals surface area contributed by atoms with E-state index >= 15 is 0 Å². The summed E-state index contributed by atoms with van der Waals surface area (Å²) in [6.45, 7) is 2.36. The first-order chi connectivity index (χ1) is 10.7. The van der Waals surface area contributed by atoms with Gasteiger partial charge >= 0.3 is 6.18 Å². The molecule has 1 aromatic rings. The van der Waals surface area contributed by atoms with Crippen molar-refractivity contribution in [1.82, 2.24) is 4.90 Å². The molecule has 2 saturated heterocycles. The highest BCUT2D eigenvalue weighted by molar-refractivity contribution is 7.80. The number of hydrogen-bond acceptors (Lipinski definition) is 3. The minimum atomic E-state index is -4.68. The maximum atomic E-state index is 13.1. The van der Waals surface area contributed by atoms with Gasteiger partial charge in [0.05, 0.1) is 22.9 Å². The molecule has 1 amide bonds. The first-order valence-corrected chi connectivity index (χ1v) is 7.38. The molecule has 8 heteroatoms. The molecule has 120 valence electrons. The van der Waals surface area contributed by atoms with E-state index < -0.39 is 22.8 Å². The number of thiocarbonyl (C=S) groups is 1. The summed E-state index contributed by atoms with van der Waals surface area (Å²) in [4.78, 5) is 15.6. The zero-order valence-electron chi connectivity index (χ0n) is 12.1. The van der Waals surface area contributed by atoms with Crippen LogP contribution in [0.4, 0.5) is 18.9 Å². The SMILES string of the molecule is C[C@@]12CCCN1C(=S)N(c1ccc(C#N)c(C(F)(F)F)c1)C2=O. The van der Waals surface area contributed by atoms with Gasteiger partial charge in [0.2, 0.25) is 0 Å². The molecule has 1 aromatic carbocycles. The van der Waals surface area contributed by atoms with Crippen molar-refractivity contribution in [2.24, 2.45) is 0 Å². The fraction of sp³-hybridized carbons (Fsp3) is 0.400. The van der Waals surface area contributed by atoms with Crippen molar-refractivity contribution < 1.29 is 18.0 Å². The van der Waals surface area contributed by atoms with Gasteiger partial charge in [0.25, 0.3) is 5.91 Å². The van der Waals surface area contributed by atoms with Crippen LogP contribution in [0.3, 0.4) is 0 Å². The zero-order chi connectivity index (χ0) is 17.0. The summed E-state index contributed by atoms with van der Waals surface area (Å²) >= 11 is 5.29. The molecule has 0 bridgehead atoms. The number of nitrogens with zero attached hydrogens (tertiary/aromatic N) is 3. The Kier molecular flexibility index (Phi) is 3.37. The lowest BCUT2D eigenvalue weighted by Crippen LogP contribution is -2.41. The van der Waals surface area contributed by atoms with Gasteiger partial charge in [0, 0.05) is 6.54 Å². The molecule has 0 spiro atoms. The molecule has 0 unspecified atom stereocenters. The zero-order valence-corrected chi connectivity index (χ0v) is 13.0. The molecule has 2 aliphatic rings. The smallest absolute Gasteiger partial charge is 0.334 e. The molecule has 4 nitrogen and oxygen atoms in total. The van der Waals surface area contributed by atoms with Crippen LogP contribution in [0, 0.1) is 11.3 Å². The lowest BCUT2D eigenvalue weighted by atomic mass is 9.99. The van der Waals surface area contributed by atoms with Gasteiger partial charge in [-0.3, -0.25) is 9.69 Å². The molecule has 1 atom stereocenters. The van der Waals surface area contributed by atoms with Crippen LogP contribution in [0.15, 0.2) is 18.2 Å². The summed E-state index contributed by atoms with van der Waals surface area (Å²) in [6, 6.07) is 4.73. The summed E-state index contributed by atoms with van der Waals surface area (Å²) in [5, 5.41) is 9.07. The average Bonchev–Trinajstić information content (AvgIpc) is 2.96. The number of hydrogen-bond donors (Lipinski definition) is 0. The minimum Gasteiger partial charge on any atom is -0.334 e. The van der Waals surface area contributed by atoms with Gasteiger partial charge in [-0.05, 0) is 50.2 Å². The van der Waals surface area contributed by atoms with Crippen molar-refractivity contribution in [3.05, 3.63) is 29.3 Å². The van der Waals surface area contributed by atoms with E-state index in [1.54, 1.807) is 11.8 Å². The Balaban J connectivity index is 2.09. The fourth-order valence-electron chi connectivity index (χ4n) is 3.17. The fourth-order valence-corrected chi connectivity index (χ4v) is 3.65. The largest absolute Gasteiger partial charge is 0.417 e. The van der Waals surface area contributed by atoms with Crippen LogP contribution >= 0.6 is 12.2 Å². The predicted octanol–water partition coefficient (Wildman–Crippen LogP) is 3.06. The van der Waals surface area contributed by atoms with Crippen molar-refractivity contribution in [3.63, 3.8) is 0 Å². The number of alkyl halides is 3. The first-order valence-electron chi connectivity index (χ1n) is 6.97. The van der Waals surface area contributed by atoms with Crippen molar-refractivity contribution in [1.29, 1.82) is 5.26 Å². The molecule has 2 aliphatic heterocycles. The van der Waals surface area contributed by atoms with Crippen molar-refractivity contribution in [2.45, 2.75) is 31.5 Å². The lowest BCUT2D eigenvalue weighted by molar-refractivity contribution is -0.137. The van der Waals surface area contributed by atoms with Gasteiger partial charge in [0.15, 0.2) is 5.11 Å². The second-order valence-corrected chi connectivity index (χ2v) is 6.16. The van der Waals surface area contributed by atoms with Gasteiger partial charge < -0.3 is 4.90 Å². The van der Waals surface area contributed by atoms with Gasteiger partial charge in [0.1, 0.15) is 5.54 Å². The second-order valence-electron chi connectivity index (χ2n) is 5.79. The van der Waals surface area contributed by atoms with Crippen LogP contribution in [0.1, 0.15) is 30.9 Å². The molecule has 0 aromatic heterocycles. The van der Waals surface area contributed by atoms with Gasteiger partial charge in [-0.2, -0.15) is 18.4 Å². The molecule has 0 saturated carbocycles. The molecule has 3 rings (SSSR count). The molecule has 2 fully saturated rings. The molecule has 0 radical (unpaired) electrons. The molecule has 0 aliphatic carbocycles.